The zero-order valence-electron chi connectivity index (χ0n) is 12.0. The van der Waals surface area contributed by atoms with Crippen molar-refractivity contribution in [3.8, 4) is 0 Å². The molecule has 0 radical (unpaired) electrons. The van der Waals surface area contributed by atoms with E-state index < -0.39 is 0 Å². The highest BCUT2D eigenvalue weighted by atomic mass is 16.2. The van der Waals surface area contributed by atoms with Crippen LogP contribution in [0.25, 0.3) is 0 Å². The third kappa shape index (κ3) is 5.07. The van der Waals surface area contributed by atoms with Gasteiger partial charge in [-0.2, -0.15) is 0 Å². The molecule has 3 N–H and O–H groups in total. The smallest absolute Gasteiger partial charge is 0.227 e. The Bertz CT molecular complexity index is 210. The molecule has 0 rings (SSSR count). The fraction of sp³-hybridized carbons (Fsp3) is 0.929. The van der Waals surface area contributed by atoms with Crippen molar-refractivity contribution in [2.45, 2.75) is 59.8 Å². The summed E-state index contributed by atoms with van der Waals surface area (Å²) in [6.07, 6.45) is 4.90. The van der Waals surface area contributed by atoms with Gasteiger partial charge < -0.3 is 11.1 Å². The zero-order valence-corrected chi connectivity index (χ0v) is 12.0. The van der Waals surface area contributed by atoms with E-state index in [1.165, 1.54) is 0 Å². The number of carbonyl (C=O) groups is 1. The SMILES string of the molecule is CCCC(CN)(CCC)C(=O)NCC(C)CC. The van der Waals surface area contributed by atoms with Gasteiger partial charge in [0.25, 0.3) is 0 Å². The highest BCUT2D eigenvalue weighted by Crippen LogP contribution is 2.29. The summed E-state index contributed by atoms with van der Waals surface area (Å²) in [5, 5.41) is 3.08. The summed E-state index contributed by atoms with van der Waals surface area (Å²) in [6, 6.07) is 0. The Morgan fingerprint density at radius 2 is 1.76 bits per heavy atom. The lowest BCUT2D eigenvalue weighted by molar-refractivity contribution is -0.131. The maximum absolute atomic E-state index is 12.3. The summed E-state index contributed by atoms with van der Waals surface area (Å²) in [7, 11) is 0. The molecule has 0 heterocycles. The molecule has 0 aliphatic carbocycles. The number of nitrogens with two attached hydrogens (primary N) is 1. The first-order chi connectivity index (χ1) is 8.06. The second kappa shape index (κ2) is 8.51. The summed E-state index contributed by atoms with van der Waals surface area (Å²) < 4.78 is 0. The summed E-state index contributed by atoms with van der Waals surface area (Å²) >= 11 is 0. The minimum Gasteiger partial charge on any atom is -0.355 e. The Labute approximate surface area is 107 Å². The van der Waals surface area contributed by atoms with Crippen LogP contribution >= 0.6 is 0 Å². The van der Waals surface area contributed by atoms with Gasteiger partial charge in [0.2, 0.25) is 5.91 Å². The summed E-state index contributed by atoms with van der Waals surface area (Å²) in [6.45, 7) is 9.75. The molecule has 0 aromatic heterocycles. The van der Waals surface area contributed by atoms with Gasteiger partial charge in [-0.1, -0.05) is 47.0 Å². The molecule has 3 nitrogen and oxygen atoms in total. The van der Waals surface area contributed by atoms with Gasteiger partial charge >= 0.3 is 0 Å². The van der Waals surface area contributed by atoms with Crippen LogP contribution in [0.5, 0.6) is 0 Å². The Kier molecular flexibility index (Phi) is 8.23. The summed E-state index contributed by atoms with van der Waals surface area (Å²) in [5.74, 6) is 0.696. The molecule has 1 amide bonds. The van der Waals surface area contributed by atoms with E-state index in [4.69, 9.17) is 5.73 Å². The molecule has 0 saturated carbocycles. The molecule has 0 aliphatic rings. The van der Waals surface area contributed by atoms with E-state index >= 15 is 0 Å². The predicted molar refractivity (Wildman–Crippen MR) is 73.8 cm³/mol. The molecular formula is C14H30N2O. The van der Waals surface area contributed by atoms with Crippen molar-refractivity contribution in [2.24, 2.45) is 17.1 Å². The lowest BCUT2D eigenvalue weighted by atomic mass is 9.78. The van der Waals surface area contributed by atoms with E-state index in [0.717, 1.165) is 38.6 Å². The quantitative estimate of drug-likeness (QED) is 0.653. The van der Waals surface area contributed by atoms with Crippen molar-refractivity contribution in [3.05, 3.63) is 0 Å². The van der Waals surface area contributed by atoms with E-state index in [9.17, 15) is 4.79 Å². The van der Waals surface area contributed by atoms with Crippen LogP contribution in [0.3, 0.4) is 0 Å². The molecule has 0 aliphatic heterocycles. The highest BCUT2D eigenvalue weighted by Gasteiger charge is 2.34. The van der Waals surface area contributed by atoms with Crippen molar-refractivity contribution in [2.75, 3.05) is 13.1 Å². The van der Waals surface area contributed by atoms with Gasteiger partial charge in [0.1, 0.15) is 0 Å². The zero-order chi connectivity index (χ0) is 13.3. The topological polar surface area (TPSA) is 55.1 Å². The molecule has 0 aromatic carbocycles. The minimum atomic E-state index is -0.336. The van der Waals surface area contributed by atoms with E-state index in [-0.39, 0.29) is 11.3 Å². The first-order valence-corrected chi connectivity index (χ1v) is 7.04. The van der Waals surface area contributed by atoms with E-state index in [2.05, 4.69) is 33.0 Å². The Balaban J connectivity index is 4.50. The predicted octanol–water partition coefficient (Wildman–Crippen LogP) is 2.69. The first-order valence-electron chi connectivity index (χ1n) is 7.04. The second-order valence-electron chi connectivity index (χ2n) is 5.21. The van der Waals surface area contributed by atoms with Crippen LogP contribution in [0.2, 0.25) is 0 Å². The first kappa shape index (κ1) is 16.4. The van der Waals surface area contributed by atoms with Gasteiger partial charge in [-0.25, -0.2) is 0 Å². The van der Waals surface area contributed by atoms with Crippen molar-refractivity contribution < 1.29 is 4.79 Å². The van der Waals surface area contributed by atoms with Gasteiger partial charge in [-0.3, -0.25) is 4.79 Å². The van der Waals surface area contributed by atoms with Crippen LogP contribution in [-0.2, 0) is 4.79 Å². The molecule has 0 fully saturated rings. The molecular weight excluding hydrogens is 212 g/mol. The molecule has 1 unspecified atom stereocenters. The summed E-state index contributed by atoms with van der Waals surface area (Å²) in [5.41, 5.74) is 5.52. The van der Waals surface area contributed by atoms with Crippen LogP contribution in [-0.4, -0.2) is 19.0 Å². The average molecular weight is 242 g/mol. The second-order valence-corrected chi connectivity index (χ2v) is 5.21. The minimum absolute atomic E-state index is 0.156. The maximum atomic E-state index is 12.3. The summed E-state index contributed by atoms with van der Waals surface area (Å²) in [4.78, 5) is 12.3. The molecule has 3 heteroatoms. The fourth-order valence-electron chi connectivity index (χ4n) is 2.20. The molecule has 0 aromatic rings. The number of hydrogen-bond acceptors (Lipinski definition) is 2. The van der Waals surface area contributed by atoms with Crippen molar-refractivity contribution in [1.82, 2.24) is 5.32 Å². The van der Waals surface area contributed by atoms with Crippen molar-refractivity contribution in [3.63, 3.8) is 0 Å². The van der Waals surface area contributed by atoms with Gasteiger partial charge in [-0.05, 0) is 18.8 Å². The van der Waals surface area contributed by atoms with Gasteiger partial charge in [0.15, 0.2) is 0 Å². The molecule has 17 heavy (non-hydrogen) atoms. The van der Waals surface area contributed by atoms with E-state index in [1.54, 1.807) is 0 Å². The molecule has 1 atom stereocenters. The average Bonchev–Trinajstić information content (AvgIpc) is 2.34. The Morgan fingerprint density at radius 1 is 1.24 bits per heavy atom. The number of carbonyl (C=O) groups excluding carboxylic acids is 1. The largest absolute Gasteiger partial charge is 0.355 e. The molecule has 0 bridgehead atoms. The van der Waals surface area contributed by atoms with Crippen LogP contribution < -0.4 is 11.1 Å². The third-order valence-electron chi connectivity index (χ3n) is 3.64. The number of nitrogens with one attached hydrogen (secondary N) is 1. The Morgan fingerprint density at radius 3 is 2.12 bits per heavy atom. The van der Waals surface area contributed by atoms with Crippen LogP contribution in [0.15, 0.2) is 0 Å². The van der Waals surface area contributed by atoms with E-state index in [1.807, 2.05) is 0 Å². The number of rotatable bonds is 9. The monoisotopic (exact) mass is 242 g/mol. The normalized spacial score (nSPS) is 13.5. The lowest BCUT2D eigenvalue weighted by Crippen LogP contribution is -2.47. The standard InChI is InChI=1S/C14H30N2O/c1-5-8-14(11-15,9-6-2)13(17)16-10-12(4)7-3/h12H,5-11,15H2,1-4H3,(H,16,17). The fourth-order valence-corrected chi connectivity index (χ4v) is 2.20. The molecule has 102 valence electrons. The third-order valence-corrected chi connectivity index (χ3v) is 3.64. The van der Waals surface area contributed by atoms with Crippen molar-refractivity contribution >= 4 is 5.91 Å². The van der Waals surface area contributed by atoms with Gasteiger partial charge in [0, 0.05) is 13.1 Å². The van der Waals surface area contributed by atoms with Crippen LogP contribution in [0.4, 0.5) is 0 Å². The number of amides is 1. The number of hydrogen-bond donors (Lipinski definition) is 2. The molecule has 0 spiro atoms. The highest BCUT2D eigenvalue weighted by molar-refractivity contribution is 5.82. The lowest BCUT2D eigenvalue weighted by Gasteiger charge is -2.31. The van der Waals surface area contributed by atoms with Crippen LogP contribution in [0, 0.1) is 11.3 Å². The Hall–Kier alpha value is -0.570. The van der Waals surface area contributed by atoms with Crippen molar-refractivity contribution in [1.29, 1.82) is 0 Å². The van der Waals surface area contributed by atoms with Crippen LogP contribution in [0.1, 0.15) is 59.8 Å². The molecule has 0 saturated heterocycles. The van der Waals surface area contributed by atoms with Gasteiger partial charge in [0.05, 0.1) is 5.41 Å². The maximum Gasteiger partial charge on any atom is 0.227 e. The van der Waals surface area contributed by atoms with Gasteiger partial charge in [-0.15, -0.1) is 0 Å². The van der Waals surface area contributed by atoms with E-state index in [0.29, 0.717) is 12.5 Å².